The van der Waals surface area contributed by atoms with E-state index in [4.69, 9.17) is 15.2 Å². The van der Waals surface area contributed by atoms with Gasteiger partial charge >= 0.3 is 12.1 Å². The van der Waals surface area contributed by atoms with Crippen LogP contribution in [0.4, 0.5) is 18.9 Å². The highest BCUT2D eigenvalue weighted by Crippen LogP contribution is 2.57. The molecule has 2 aliphatic rings. The largest absolute Gasteiger partial charge is 0.490 e. The van der Waals surface area contributed by atoms with Gasteiger partial charge in [-0.15, -0.1) is 0 Å². The van der Waals surface area contributed by atoms with Crippen molar-refractivity contribution in [2.45, 2.75) is 51.1 Å². The minimum Gasteiger partial charge on any atom is -0.490 e. The number of carbonyl (C=O) groups is 1. The standard InChI is InChI=1S/C25H28F3NO3/c1-2-31-21(30)11-10-17-12-18(17)20-13-19(16-6-4-3-5-7-16)23(29)24(22(20)25(26,27)28)32-14-15-8-9-15/h3-7,13,15,17-18H,2,8-12,14,29H2,1H3. The van der Waals surface area contributed by atoms with Crippen LogP contribution in [-0.2, 0) is 15.7 Å². The van der Waals surface area contributed by atoms with Gasteiger partial charge in [-0.2, -0.15) is 13.2 Å². The van der Waals surface area contributed by atoms with Crippen molar-refractivity contribution in [2.24, 2.45) is 11.8 Å². The number of alkyl halides is 3. The zero-order valence-corrected chi connectivity index (χ0v) is 18.1. The van der Waals surface area contributed by atoms with Gasteiger partial charge in [-0.05, 0) is 67.6 Å². The van der Waals surface area contributed by atoms with Crippen LogP contribution in [0.2, 0.25) is 0 Å². The summed E-state index contributed by atoms with van der Waals surface area (Å²) in [6.07, 6.45) is -1.35. The van der Waals surface area contributed by atoms with Crippen LogP contribution in [0.1, 0.15) is 56.1 Å². The molecule has 2 aliphatic carbocycles. The molecule has 0 heterocycles. The Morgan fingerprint density at radius 1 is 1.19 bits per heavy atom. The Labute approximate surface area is 185 Å². The summed E-state index contributed by atoms with van der Waals surface area (Å²) < 4.78 is 53.6. The van der Waals surface area contributed by atoms with Gasteiger partial charge in [0, 0.05) is 12.0 Å². The molecule has 2 aromatic carbocycles. The molecular formula is C25H28F3NO3. The summed E-state index contributed by atoms with van der Waals surface area (Å²) in [6.45, 7) is 2.27. The second-order valence-electron chi connectivity index (χ2n) is 8.70. The monoisotopic (exact) mass is 447 g/mol. The van der Waals surface area contributed by atoms with Crippen LogP contribution >= 0.6 is 0 Å². The molecule has 2 fully saturated rings. The lowest BCUT2D eigenvalue weighted by Gasteiger charge is -2.22. The maximum Gasteiger partial charge on any atom is 0.420 e. The molecular weight excluding hydrogens is 419 g/mol. The molecule has 0 saturated heterocycles. The minimum absolute atomic E-state index is 0.00374. The Bertz CT molecular complexity index is 971. The van der Waals surface area contributed by atoms with E-state index in [1.165, 1.54) is 0 Å². The third-order valence-corrected chi connectivity index (χ3v) is 6.23. The average Bonchev–Trinajstić information content (AvgIpc) is 3.66. The number of carbonyl (C=O) groups excluding carboxylic acids is 1. The highest BCUT2D eigenvalue weighted by atomic mass is 19.4. The van der Waals surface area contributed by atoms with Gasteiger partial charge in [0.05, 0.1) is 18.9 Å². The van der Waals surface area contributed by atoms with Crippen molar-refractivity contribution < 1.29 is 27.4 Å². The summed E-state index contributed by atoms with van der Waals surface area (Å²) in [7, 11) is 0. The van der Waals surface area contributed by atoms with Gasteiger partial charge in [-0.25, -0.2) is 0 Å². The normalized spacial score (nSPS) is 20.1. The smallest absolute Gasteiger partial charge is 0.420 e. The van der Waals surface area contributed by atoms with E-state index in [1.54, 1.807) is 13.0 Å². The maximum atomic E-state index is 14.3. The van der Waals surface area contributed by atoms with Crippen LogP contribution in [0.5, 0.6) is 5.75 Å². The molecule has 2 saturated carbocycles. The highest BCUT2D eigenvalue weighted by molar-refractivity contribution is 5.83. The first-order valence-electron chi connectivity index (χ1n) is 11.2. The Hall–Kier alpha value is -2.70. The molecule has 0 amide bonds. The molecule has 0 bridgehead atoms. The summed E-state index contributed by atoms with van der Waals surface area (Å²) in [5, 5.41) is 0. The number of anilines is 1. The molecule has 0 spiro atoms. The molecule has 0 aromatic heterocycles. The fourth-order valence-electron chi connectivity index (χ4n) is 4.25. The van der Waals surface area contributed by atoms with E-state index in [0.29, 0.717) is 25.0 Å². The van der Waals surface area contributed by atoms with Crippen molar-refractivity contribution >= 4 is 11.7 Å². The maximum absolute atomic E-state index is 14.3. The number of hydrogen-bond donors (Lipinski definition) is 1. The second-order valence-corrected chi connectivity index (χ2v) is 8.70. The molecule has 2 aromatic rings. The number of rotatable bonds is 9. The number of benzene rings is 2. The van der Waals surface area contributed by atoms with Gasteiger partial charge in [0.25, 0.3) is 0 Å². The van der Waals surface area contributed by atoms with Crippen molar-refractivity contribution in [1.29, 1.82) is 0 Å². The number of esters is 1. The average molecular weight is 447 g/mol. The Morgan fingerprint density at radius 3 is 2.53 bits per heavy atom. The van der Waals surface area contributed by atoms with Crippen molar-refractivity contribution in [2.75, 3.05) is 18.9 Å². The van der Waals surface area contributed by atoms with E-state index in [9.17, 15) is 18.0 Å². The molecule has 2 N–H and O–H groups in total. The van der Waals surface area contributed by atoms with Gasteiger partial charge in [-0.3, -0.25) is 4.79 Å². The van der Waals surface area contributed by atoms with Crippen molar-refractivity contribution in [3.63, 3.8) is 0 Å². The summed E-state index contributed by atoms with van der Waals surface area (Å²) in [6, 6.07) is 10.7. The predicted molar refractivity (Wildman–Crippen MR) is 116 cm³/mol. The zero-order chi connectivity index (χ0) is 22.9. The number of nitrogen functional groups attached to an aromatic ring is 1. The number of nitrogens with two attached hydrogens (primary N) is 1. The number of halogens is 3. The van der Waals surface area contributed by atoms with E-state index in [2.05, 4.69) is 0 Å². The molecule has 0 radical (unpaired) electrons. The Kier molecular flexibility index (Phi) is 6.35. The van der Waals surface area contributed by atoms with Gasteiger partial charge in [-0.1, -0.05) is 30.3 Å². The van der Waals surface area contributed by atoms with Crippen LogP contribution in [0.15, 0.2) is 36.4 Å². The first-order valence-corrected chi connectivity index (χ1v) is 11.2. The number of hydrogen-bond acceptors (Lipinski definition) is 4. The number of ether oxygens (including phenoxy) is 2. The summed E-state index contributed by atoms with van der Waals surface area (Å²) in [5.74, 6) is -0.560. The van der Waals surface area contributed by atoms with Crippen LogP contribution < -0.4 is 10.5 Å². The minimum atomic E-state index is -4.59. The fraction of sp³-hybridized carbons (Fsp3) is 0.480. The molecule has 4 rings (SSSR count). The van der Waals surface area contributed by atoms with E-state index < -0.39 is 11.7 Å². The summed E-state index contributed by atoms with van der Waals surface area (Å²) in [5.41, 5.74) is 7.06. The van der Waals surface area contributed by atoms with Crippen molar-refractivity contribution in [3.8, 4) is 16.9 Å². The third-order valence-electron chi connectivity index (χ3n) is 6.23. The van der Waals surface area contributed by atoms with E-state index in [0.717, 1.165) is 18.4 Å². The van der Waals surface area contributed by atoms with Crippen molar-refractivity contribution in [1.82, 2.24) is 0 Å². The first kappa shape index (κ1) is 22.5. The molecule has 32 heavy (non-hydrogen) atoms. The molecule has 4 nitrogen and oxygen atoms in total. The molecule has 7 heteroatoms. The third kappa shape index (κ3) is 5.03. The van der Waals surface area contributed by atoms with Gasteiger partial charge in [0.2, 0.25) is 0 Å². The van der Waals surface area contributed by atoms with Crippen LogP contribution in [0.3, 0.4) is 0 Å². The van der Waals surface area contributed by atoms with E-state index in [1.807, 2.05) is 30.3 Å². The lowest BCUT2D eigenvalue weighted by molar-refractivity contribution is -0.143. The Morgan fingerprint density at radius 2 is 1.91 bits per heavy atom. The Balaban J connectivity index is 1.72. The predicted octanol–water partition coefficient (Wildman–Crippen LogP) is 6.19. The van der Waals surface area contributed by atoms with Gasteiger partial charge < -0.3 is 15.2 Å². The van der Waals surface area contributed by atoms with E-state index in [-0.39, 0.29) is 53.8 Å². The quantitative estimate of drug-likeness (QED) is 0.368. The topological polar surface area (TPSA) is 61.5 Å². The molecule has 2 unspecified atom stereocenters. The summed E-state index contributed by atoms with van der Waals surface area (Å²) >= 11 is 0. The molecule has 0 aliphatic heterocycles. The fourth-order valence-corrected chi connectivity index (χ4v) is 4.25. The lowest BCUT2D eigenvalue weighted by atomic mass is 9.92. The SMILES string of the molecule is CCOC(=O)CCC1CC1c1cc(-c2ccccc2)c(N)c(OCC2CC2)c1C(F)(F)F. The van der Waals surface area contributed by atoms with E-state index >= 15 is 0 Å². The van der Waals surface area contributed by atoms with Crippen molar-refractivity contribution in [3.05, 3.63) is 47.5 Å². The zero-order valence-electron chi connectivity index (χ0n) is 18.1. The van der Waals surface area contributed by atoms with Crippen LogP contribution in [0.25, 0.3) is 11.1 Å². The van der Waals surface area contributed by atoms with Crippen LogP contribution in [-0.4, -0.2) is 19.2 Å². The van der Waals surface area contributed by atoms with Gasteiger partial charge in [0.1, 0.15) is 5.56 Å². The highest BCUT2D eigenvalue weighted by Gasteiger charge is 2.47. The second kappa shape index (κ2) is 9.04. The lowest BCUT2D eigenvalue weighted by Crippen LogP contribution is -2.16. The molecule has 2 atom stereocenters. The first-order chi connectivity index (χ1) is 15.3. The summed E-state index contributed by atoms with van der Waals surface area (Å²) in [4.78, 5) is 11.7. The van der Waals surface area contributed by atoms with Crippen LogP contribution in [0, 0.1) is 11.8 Å². The molecule has 172 valence electrons. The van der Waals surface area contributed by atoms with Gasteiger partial charge in [0.15, 0.2) is 5.75 Å².